The minimum absolute atomic E-state index is 0.225. The molecule has 0 spiro atoms. The number of benzene rings is 1. The number of hydrogen-bond donors (Lipinski definition) is 1. The van der Waals surface area contributed by atoms with Crippen LogP contribution in [0.2, 0.25) is 5.02 Å². The van der Waals surface area contributed by atoms with Gasteiger partial charge in [-0.2, -0.15) is 0 Å². The Kier molecular flexibility index (Phi) is 5.08. The molecule has 2 amide bonds. The largest absolute Gasteiger partial charge is 0.466 e. The van der Waals surface area contributed by atoms with Gasteiger partial charge in [0.2, 0.25) is 0 Å². The second kappa shape index (κ2) is 6.83. The molecule has 118 valence electrons. The van der Waals surface area contributed by atoms with E-state index in [2.05, 4.69) is 5.32 Å². The minimum atomic E-state index is -0.563. The maximum Gasteiger partial charge on any atom is 0.337 e. The lowest BCUT2D eigenvalue weighted by atomic mass is 9.95. The number of nitrogens with zero attached hydrogens (tertiary/aromatic N) is 1. The van der Waals surface area contributed by atoms with Crippen LogP contribution in [0.4, 0.5) is 4.79 Å². The van der Waals surface area contributed by atoms with E-state index in [1.165, 1.54) is 7.11 Å². The molecule has 0 saturated heterocycles. The van der Waals surface area contributed by atoms with Crippen LogP contribution in [0.25, 0.3) is 0 Å². The summed E-state index contributed by atoms with van der Waals surface area (Å²) in [6.07, 6.45) is 0.793. The van der Waals surface area contributed by atoms with Gasteiger partial charge in [-0.15, -0.1) is 0 Å². The van der Waals surface area contributed by atoms with Gasteiger partial charge in [0, 0.05) is 17.3 Å². The highest BCUT2D eigenvalue weighted by Gasteiger charge is 2.35. The molecule has 0 fully saturated rings. The predicted molar refractivity (Wildman–Crippen MR) is 84.4 cm³/mol. The number of ether oxygens (including phenoxy) is 1. The van der Waals surface area contributed by atoms with E-state index in [0.717, 1.165) is 12.0 Å². The van der Waals surface area contributed by atoms with Crippen molar-refractivity contribution < 1.29 is 14.3 Å². The lowest BCUT2D eigenvalue weighted by Crippen LogP contribution is -2.48. The van der Waals surface area contributed by atoms with Gasteiger partial charge < -0.3 is 10.1 Å². The zero-order valence-electron chi connectivity index (χ0n) is 12.9. The molecule has 1 unspecified atom stereocenters. The molecule has 0 bridgehead atoms. The van der Waals surface area contributed by atoms with Crippen LogP contribution < -0.4 is 5.32 Å². The van der Waals surface area contributed by atoms with E-state index in [1.54, 1.807) is 30.0 Å². The molecule has 5 nitrogen and oxygen atoms in total. The molecular formula is C16H19ClN2O3. The molecule has 1 heterocycles. The Morgan fingerprint density at radius 2 is 2.18 bits per heavy atom. The van der Waals surface area contributed by atoms with Gasteiger partial charge in [0.1, 0.15) is 0 Å². The summed E-state index contributed by atoms with van der Waals surface area (Å²) in [7, 11) is 1.33. The number of methoxy groups -OCH3 is 1. The Hall–Kier alpha value is -2.01. The van der Waals surface area contributed by atoms with Crippen LogP contribution in [-0.4, -0.2) is 30.6 Å². The topological polar surface area (TPSA) is 58.6 Å². The third kappa shape index (κ3) is 3.09. The zero-order chi connectivity index (χ0) is 16.3. The smallest absolute Gasteiger partial charge is 0.337 e. The normalized spacial score (nSPS) is 18.3. The Labute approximate surface area is 134 Å². The van der Waals surface area contributed by atoms with Crippen LogP contribution in [0.15, 0.2) is 35.5 Å². The summed E-state index contributed by atoms with van der Waals surface area (Å²) in [6, 6.07) is 6.30. The lowest BCUT2D eigenvalue weighted by molar-refractivity contribution is -0.136. The van der Waals surface area contributed by atoms with Crippen LogP contribution in [-0.2, 0) is 9.53 Å². The number of hydrogen-bond acceptors (Lipinski definition) is 3. The highest BCUT2D eigenvalue weighted by molar-refractivity contribution is 6.30. The first-order valence-corrected chi connectivity index (χ1v) is 7.50. The van der Waals surface area contributed by atoms with E-state index in [9.17, 15) is 9.59 Å². The molecule has 1 aliphatic heterocycles. The molecular weight excluding hydrogens is 304 g/mol. The molecule has 6 heteroatoms. The SMILES string of the molecule is CCCN1C(=O)NC(c2cccc(Cl)c2)C(C(=O)OC)=C1C. The van der Waals surface area contributed by atoms with Crippen molar-refractivity contribution in [2.45, 2.75) is 26.3 Å². The molecule has 0 aliphatic carbocycles. The third-order valence-corrected chi connectivity index (χ3v) is 3.87. The zero-order valence-corrected chi connectivity index (χ0v) is 13.6. The molecule has 0 aromatic heterocycles. The predicted octanol–water partition coefficient (Wildman–Crippen LogP) is 3.26. The van der Waals surface area contributed by atoms with Crippen molar-refractivity contribution >= 4 is 23.6 Å². The molecule has 1 aromatic rings. The fourth-order valence-corrected chi connectivity index (χ4v) is 2.78. The summed E-state index contributed by atoms with van der Waals surface area (Å²) >= 11 is 6.02. The Morgan fingerprint density at radius 3 is 2.77 bits per heavy atom. The number of rotatable bonds is 4. The molecule has 1 aromatic carbocycles. The molecule has 0 saturated carbocycles. The summed E-state index contributed by atoms with van der Waals surface area (Å²) in [5, 5.41) is 3.41. The van der Waals surface area contributed by atoms with E-state index < -0.39 is 12.0 Å². The van der Waals surface area contributed by atoms with Crippen LogP contribution >= 0.6 is 11.6 Å². The van der Waals surface area contributed by atoms with E-state index in [1.807, 2.05) is 13.0 Å². The van der Waals surface area contributed by atoms with Gasteiger partial charge >= 0.3 is 12.0 Å². The first-order valence-electron chi connectivity index (χ1n) is 7.12. The number of amides is 2. The highest BCUT2D eigenvalue weighted by atomic mass is 35.5. The fourth-order valence-electron chi connectivity index (χ4n) is 2.58. The Balaban J connectivity index is 2.53. The van der Waals surface area contributed by atoms with Gasteiger partial charge in [-0.05, 0) is 31.0 Å². The molecule has 0 radical (unpaired) electrons. The number of halogens is 1. The number of carbonyl (C=O) groups is 2. The average Bonchev–Trinajstić information content (AvgIpc) is 2.50. The summed E-state index contributed by atoms with van der Waals surface area (Å²) in [4.78, 5) is 26.1. The van der Waals surface area contributed by atoms with Crippen molar-refractivity contribution in [3.8, 4) is 0 Å². The van der Waals surface area contributed by atoms with E-state index in [-0.39, 0.29) is 6.03 Å². The second-order valence-electron chi connectivity index (χ2n) is 5.08. The van der Waals surface area contributed by atoms with Crippen LogP contribution in [0, 0.1) is 0 Å². The summed E-state index contributed by atoms with van der Waals surface area (Å²) in [6.45, 7) is 4.28. The Morgan fingerprint density at radius 1 is 1.45 bits per heavy atom. The van der Waals surface area contributed by atoms with Crippen LogP contribution in [0.5, 0.6) is 0 Å². The van der Waals surface area contributed by atoms with E-state index >= 15 is 0 Å². The van der Waals surface area contributed by atoms with Gasteiger partial charge in [0.05, 0.1) is 18.7 Å². The number of urea groups is 1. The quantitative estimate of drug-likeness (QED) is 0.866. The lowest BCUT2D eigenvalue weighted by Gasteiger charge is -2.35. The van der Waals surface area contributed by atoms with E-state index in [0.29, 0.717) is 22.8 Å². The summed E-state index contributed by atoms with van der Waals surface area (Å²) in [5.41, 5.74) is 1.79. The Bertz CT molecular complexity index is 628. The standard InChI is InChI=1S/C16H19ClN2O3/c1-4-8-19-10(2)13(15(20)22-3)14(18-16(19)21)11-6-5-7-12(17)9-11/h5-7,9,14H,4,8H2,1-3H3,(H,18,21). The van der Waals surface area contributed by atoms with Crippen molar-refractivity contribution in [3.63, 3.8) is 0 Å². The summed E-state index contributed by atoms with van der Waals surface area (Å²) < 4.78 is 4.90. The van der Waals surface area contributed by atoms with Gasteiger partial charge in [-0.1, -0.05) is 30.7 Å². The van der Waals surface area contributed by atoms with Gasteiger partial charge in [0.25, 0.3) is 0 Å². The van der Waals surface area contributed by atoms with Crippen molar-refractivity contribution in [3.05, 3.63) is 46.1 Å². The fraction of sp³-hybridized carbons (Fsp3) is 0.375. The molecule has 1 atom stereocenters. The van der Waals surface area contributed by atoms with Crippen molar-refractivity contribution in [2.75, 3.05) is 13.7 Å². The number of nitrogens with one attached hydrogen (secondary N) is 1. The molecule has 1 aliphatic rings. The van der Waals surface area contributed by atoms with Crippen molar-refractivity contribution in [2.24, 2.45) is 0 Å². The van der Waals surface area contributed by atoms with Gasteiger partial charge in [0.15, 0.2) is 0 Å². The van der Waals surface area contributed by atoms with Gasteiger partial charge in [-0.3, -0.25) is 4.90 Å². The maximum atomic E-state index is 12.3. The van der Waals surface area contributed by atoms with Gasteiger partial charge in [-0.25, -0.2) is 9.59 Å². The van der Waals surface area contributed by atoms with Crippen LogP contribution in [0.3, 0.4) is 0 Å². The third-order valence-electron chi connectivity index (χ3n) is 3.63. The molecule has 2 rings (SSSR count). The highest BCUT2D eigenvalue weighted by Crippen LogP contribution is 2.32. The average molecular weight is 323 g/mol. The number of allylic oxidation sites excluding steroid dienone is 1. The molecule has 1 N–H and O–H groups in total. The monoisotopic (exact) mass is 322 g/mol. The van der Waals surface area contributed by atoms with Crippen molar-refractivity contribution in [1.29, 1.82) is 0 Å². The van der Waals surface area contributed by atoms with E-state index in [4.69, 9.17) is 16.3 Å². The first-order chi connectivity index (χ1) is 10.5. The maximum absolute atomic E-state index is 12.3. The number of carbonyl (C=O) groups excluding carboxylic acids is 2. The number of esters is 1. The second-order valence-corrected chi connectivity index (χ2v) is 5.52. The van der Waals surface area contributed by atoms with Crippen molar-refractivity contribution in [1.82, 2.24) is 10.2 Å². The minimum Gasteiger partial charge on any atom is -0.466 e. The first kappa shape index (κ1) is 16.4. The molecule has 22 heavy (non-hydrogen) atoms. The summed E-state index contributed by atoms with van der Waals surface area (Å²) in [5.74, 6) is -0.455. The van der Waals surface area contributed by atoms with Crippen LogP contribution in [0.1, 0.15) is 31.9 Å².